The zero-order valence-electron chi connectivity index (χ0n) is 11.1. The zero-order chi connectivity index (χ0) is 13.7. The van der Waals surface area contributed by atoms with Crippen molar-refractivity contribution < 1.29 is 5.11 Å². The molecule has 0 saturated heterocycles. The normalized spacial score (nSPS) is 10.8. The van der Waals surface area contributed by atoms with Crippen LogP contribution in [0.25, 0.3) is 11.3 Å². The van der Waals surface area contributed by atoms with E-state index in [1.807, 2.05) is 22.1 Å². The molecule has 102 valence electrons. The minimum Gasteiger partial charge on any atom is -0.396 e. The Bertz CT molecular complexity index is 586. The summed E-state index contributed by atoms with van der Waals surface area (Å²) < 4.78 is 1.85. The third-order valence-electron chi connectivity index (χ3n) is 3.24. The number of hydrogen-bond donors (Lipinski definition) is 1. The second-order valence-corrected chi connectivity index (χ2v) is 5.46. The number of hydrogen-bond acceptors (Lipinski definition) is 3. The summed E-state index contributed by atoms with van der Waals surface area (Å²) in [4.78, 5) is 12.0. The van der Waals surface area contributed by atoms with Crippen LogP contribution in [0.3, 0.4) is 0 Å². The zero-order valence-corrected chi connectivity index (χ0v) is 11.9. The summed E-state index contributed by atoms with van der Waals surface area (Å²) >= 11 is 1.26. The molecule has 1 aromatic heterocycles. The maximum Gasteiger partial charge on any atom is 0.307 e. The molecule has 2 aromatic rings. The molecule has 0 saturated carbocycles. The average molecular weight is 277 g/mol. The molecule has 0 bridgehead atoms. The lowest BCUT2D eigenvalue weighted by Gasteiger charge is -2.09. The van der Waals surface area contributed by atoms with Crippen molar-refractivity contribution in [2.24, 2.45) is 0 Å². The minimum atomic E-state index is 0.0993. The molecule has 0 radical (unpaired) electrons. The fourth-order valence-corrected chi connectivity index (χ4v) is 2.95. The molecular weight excluding hydrogens is 258 g/mol. The molecule has 0 fully saturated rings. The number of unbranched alkanes of at least 4 members (excludes halogenated alkanes) is 2. The first-order valence-electron chi connectivity index (χ1n) is 6.59. The quantitative estimate of drug-likeness (QED) is 0.825. The largest absolute Gasteiger partial charge is 0.396 e. The molecule has 4 heteroatoms. The predicted octanol–water partition coefficient (Wildman–Crippen LogP) is 3.05. The number of aliphatic hydroxyl groups is 1. The van der Waals surface area contributed by atoms with Gasteiger partial charge in [-0.2, -0.15) is 0 Å². The van der Waals surface area contributed by atoms with Gasteiger partial charge in [-0.15, -0.1) is 0 Å². The van der Waals surface area contributed by atoms with E-state index in [0.29, 0.717) is 0 Å². The molecule has 0 aliphatic rings. The highest BCUT2D eigenvalue weighted by Gasteiger charge is 2.10. The van der Waals surface area contributed by atoms with Crippen molar-refractivity contribution in [1.82, 2.24) is 4.57 Å². The fourth-order valence-electron chi connectivity index (χ4n) is 2.17. The van der Waals surface area contributed by atoms with Crippen LogP contribution in [0.15, 0.2) is 34.4 Å². The third-order valence-corrected chi connectivity index (χ3v) is 4.01. The molecule has 0 atom stereocenters. The fraction of sp³-hybridized carbons (Fsp3) is 0.400. The Kier molecular flexibility index (Phi) is 4.93. The van der Waals surface area contributed by atoms with Crippen LogP contribution in [-0.4, -0.2) is 16.3 Å². The van der Waals surface area contributed by atoms with Crippen molar-refractivity contribution in [3.05, 3.63) is 44.9 Å². The Balaban J connectivity index is 2.23. The molecule has 3 nitrogen and oxygen atoms in total. The van der Waals surface area contributed by atoms with Gasteiger partial charge in [-0.25, -0.2) is 0 Å². The van der Waals surface area contributed by atoms with Crippen LogP contribution in [-0.2, 0) is 6.54 Å². The van der Waals surface area contributed by atoms with Crippen LogP contribution in [0.2, 0.25) is 0 Å². The summed E-state index contributed by atoms with van der Waals surface area (Å²) in [5, 5.41) is 10.7. The van der Waals surface area contributed by atoms with Gasteiger partial charge in [0.05, 0.1) is 5.69 Å². The van der Waals surface area contributed by atoms with E-state index in [4.69, 9.17) is 5.11 Å². The SMILES string of the molecule is Cc1ccccc1-c1csc(=O)n1CCCCCO. The lowest BCUT2D eigenvalue weighted by molar-refractivity contribution is 0.282. The number of aryl methyl sites for hydroxylation is 1. The summed E-state index contributed by atoms with van der Waals surface area (Å²) in [7, 11) is 0. The Morgan fingerprint density at radius 2 is 2.00 bits per heavy atom. The van der Waals surface area contributed by atoms with E-state index in [9.17, 15) is 4.79 Å². The lowest BCUT2D eigenvalue weighted by atomic mass is 10.1. The summed E-state index contributed by atoms with van der Waals surface area (Å²) in [5.74, 6) is 0. The maximum absolute atomic E-state index is 11.9. The number of nitrogens with zero attached hydrogens (tertiary/aromatic N) is 1. The van der Waals surface area contributed by atoms with Crippen LogP contribution in [0, 0.1) is 6.92 Å². The molecular formula is C15H19NO2S. The first-order chi connectivity index (χ1) is 9.24. The number of rotatable bonds is 6. The highest BCUT2D eigenvalue weighted by atomic mass is 32.1. The first-order valence-corrected chi connectivity index (χ1v) is 7.47. The molecule has 0 unspecified atom stereocenters. The van der Waals surface area contributed by atoms with E-state index in [2.05, 4.69) is 19.1 Å². The van der Waals surface area contributed by atoms with Crippen LogP contribution in [0.5, 0.6) is 0 Å². The average Bonchev–Trinajstić information content (AvgIpc) is 2.77. The lowest BCUT2D eigenvalue weighted by Crippen LogP contribution is -2.14. The van der Waals surface area contributed by atoms with Crippen LogP contribution < -0.4 is 4.87 Å². The van der Waals surface area contributed by atoms with Gasteiger partial charge in [0.15, 0.2) is 0 Å². The van der Waals surface area contributed by atoms with E-state index >= 15 is 0 Å². The Morgan fingerprint density at radius 1 is 1.21 bits per heavy atom. The van der Waals surface area contributed by atoms with E-state index in [1.54, 1.807) is 0 Å². The van der Waals surface area contributed by atoms with Crippen molar-refractivity contribution in [1.29, 1.82) is 0 Å². The van der Waals surface area contributed by atoms with E-state index in [0.717, 1.165) is 37.1 Å². The monoisotopic (exact) mass is 277 g/mol. The molecule has 0 spiro atoms. The van der Waals surface area contributed by atoms with Gasteiger partial charge in [0.2, 0.25) is 0 Å². The molecule has 0 amide bonds. The van der Waals surface area contributed by atoms with Crippen molar-refractivity contribution in [2.75, 3.05) is 6.61 Å². The standard InChI is InChI=1S/C15H19NO2S/c1-12-7-3-4-8-13(12)14-11-19-15(18)16(14)9-5-2-6-10-17/h3-4,7-8,11,17H,2,5-6,9-10H2,1H3. The second kappa shape index (κ2) is 6.68. The molecule has 2 rings (SSSR count). The summed E-state index contributed by atoms with van der Waals surface area (Å²) in [6.45, 7) is 3.02. The van der Waals surface area contributed by atoms with Gasteiger partial charge in [-0.05, 0) is 31.7 Å². The van der Waals surface area contributed by atoms with Crippen molar-refractivity contribution in [3.8, 4) is 11.3 Å². The maximum atomic E-state index is 11.9. The van der Waals surface area contributed by atoms with E-state index in [-0.39, 0.29) is 11.5 Å². The van der Waals surface area contributed by atoms with Gasteiger partial charge in [0, 0.05) is 24.1 Å². The molecule has 1 aromatic carbocycles. The van der Waals surface area contributed by atoms with Crippen molar-refractivity contribution in [2.45, 2.75) is 32.7 Å². The summed E-state index contributed by atoms with van der Waals surface area (Å²) in [6.07, 6.45) is 2.68. The van der Waals surface area contributed by atoms with Gasteiger partial charge >= 0.3 is 4.87 Å². The Morgan fingerprint density at radius 3 is 2.74 bits per heavy atom. The highest BCUT2D eigenvalue weighted by Crippen LogP contribution is 2.23. The molecule has 1 N–H and O–H groups in total. The minimum absolute atomic E-state index is 0.0993. The topological polar surface area (TPSA) is 42.2 Å². The molecule has 0 aliphatic heterocycles. The van der Waals surface area contributed by atoms with Crippen LogP contribution in [0.4, 0.5) is 0 Å². The molecule has 19 heavy (non-hydrogen) atoms. The van der Waals surface area contributed by atoms with Crippen molar-refractivity contribution in [3.63, 3.8) is 0 Å². The van der Waals surface area contributed by atoms with Crippen LogP contribution >= 0.6 is 11.3 Å². The predicted molar refractivity (Wildman–Crippen MR) is 79.7 cm³/mol. The van der Waals surface area contributed by atoms with Gasteiger partial charge < -0.3 is 5.11 Å². The third kappa shape index (κ3) is 3.33. The van der Waals surface area contributed by atoms with Gasteiger partial charge in [-0.1, -0.05) is 35.6 Å². The number of aliphatic hydroxyl groups excluding tert-OH is 1. The first kappa shape index (κ1) is 14.0. The highest BCUT2D eigenvalue weighted by molar-refractivity contribution is 7.07. The van der Waals surface area contributed by atoms with Gasteiger partial charge in [-0.3, -0.25) is 9.36 Å². The number of thiazole rings is 1. The Labute approximate surface area is 117 Å². The van der Waals surface area contributed by atoms with Crippen LogP contribution in [0.1, 0.15) is 24.8 Å². The second-order valence-electron chi connectivity index (χ2n) is 4.64. The Hall–Kier alpha value is -1.39. The number of aromatic nitrogens is 1. The van der Waals surface area contributed by atoms with E-state index < -0.39 is 0 Å². The summed E-state index contributed by atoms with van der Waals surface area (Å²) in [6, 6.07) is 8.13. The molecule has 0 aliphatic carbocycles. The van der Waals surface area contributed by atoms with E-state index in [1.165, 1.54) is 16.9 Å². The van der Waals surface area contributed by atoms with Gasteiger partial charge in [0.1, 0.15) is 0 Å². The number of benzene rings is 1. The smallest absolute Gasteiger partial charge is 0.307 e. The summed E-state index contributed by atoms with van der Waals surface area (Å²) in [5.41, 5.74) is 3.32. The van der Waals surface area contributed by atoms with Gasteiger partial charge in [0.25, 0.3) is 0 Å². The molecule has 1 heterocycles. The van der Waals surface area contributed by atoms with Crippen molar-refractivity contribution >= 4 is 11.3 Å².